The number of ether oxygens (including phenoxy) is 2. The highest BCUT2D eigenvalue weighted by Crippen LogP contribution is 2.48. The second-order valence-electron chi connectivity index (χ2n) is 8.39. The minimum absolute atomic E-state index is 0.113. The number of halogens is 1. The van der Waals surface area contributed by atoms with Crippen LogP contribution in [0.25, 0.3) is 0 Å². The second-order valence-corrected chi connectivity index (χ2v) is 8.39. The average molecular weight is 395 g/mol. The summed E-state index contributed by atoms with van der Waals surface area (Å²) < 4.78 is 25.4. The Hall–Kier alpha value is -2.67. The van der Waals surface area contributed by atoms with Crippen molar-refractivity contribution in [3.63, 3.8) is 0 Å². The molecule has 1 aromatic carbocycles. The molecule has 1 amide bonds. The summed E-state index contributed by atoms with van der Waals surface area (Å²) in [5.41, 5.74) is 1.27. The van der Waals surface area contributed by atoms with E-state index < -0.39 is 5.82 Å². The van der Waals surface area contributed by atoms with E-state index in [2.05, 4.69) is 22.0 Å². The van der Waals surface area contributed by atoms with Gasteiger partial charge in [0, 0.05) is 24.7 Å². The van der Waals surface area contributed by atoms with Crippen LogP contribution in [0.15, 0.2) is 36.7 Å². The third-order valence-corrected chi connectivity index (χ3v) is 7.08. The summed E-state index contributed by atoms with van der Waals surface area (Å²) in [6.07, 6.45) is 4.79. The van der Waals surface area contributed by atoms with Gasteiger partial charge in [-0.05, 0) is 55.6 Å². The monoisotopic (exact) mass is 395 g/mol. The molecule has 150 valence electrons. The maximum Gasteiger partial charge on any atom is 0.257 e. The summed E-state index contributed by atoms with van der Waals surface area (Å²) in [5, 5.41) is 0. The molecule has 5 aliphatic rings. The fraction of sp³-hybridized carbons (Fsp3) is 0.455. The molecule has 6 nitrogen and oxygen atoms in total. The van der Waals surface area contributed by atoms with Crippen molar-refractivity contribution in [3.8, 4) is 11.5 Å². The van der Waals surface area contributed by atoms with E-state index in [1.54, 1.807) is 0 Å². The lowest BCUT2D eigenvalue weighted by atomic mass is 9.75. The third-order valence-electron chi connectivity index (χ3n) is 7.08. The molecule has 29 heavy (non-hydrogen) atoms. The van der Waals surface area contributed by atoms with Crippen LogP contribution in [-0.2, 0) is 0 Å². The third kappa shape index (κ3) is 2.56. The molecule has 0 N–H and O–H groups in total. The van der Waals surface area contributed by atoms with Gasteiger partial charge in [-0.2, -0.15) is 0 Å². The van der Waals surface area contributed by atoms with Gasteiger partial charge in [-0.3, -0.25) is 14.7 Å². The number of rotatable bonds is 2. The van der Waals surface area contributed by atoms with Gasteiger partial charge in [0.25, 0.3) is 5.91 Å². The van der Waals surface area contributed by atoms with Crippen LogP contribution in [0, 0.1) is 11.7 Å². The van der Waals surface area contributed by atoms with Gasteiger partial charge in [-0.15, -0.1) is 0 Å². The number of carbonyl (C=O) groups is 1. The van der Waals surface area contributed by atoms with E-state index >= 15 is 0 Å². The molecule has 0 saturated carbocycles. The number of aromatic nitrogens is 1. The zero-order chi connectivity index (χ0) is 19.5. The average Bonchev–Trinajstić information content (AvgIpc) is 3.40. The maximum atomic E-state index is 14.3. The second kappa shape index (κ2) is 6.42. The Morgan fingerprint density at radius 2 is 1.93 bits per heavy atom. The van der Waals surface area contributed by atoms with E-state index in [0.29, 0.717) is 12.5 Å². The van der Waals surface area contributed by atoms with Gasteiger partial charge in [0.15, 0.2) is 17.3 Å². The van der Waals surface area contributed by atoms with E-state index in [1.807, 2.05) is 11.0 Å². The van der Waals surface area contributed by atoms with Gasteiger partial charge < -0.3 is 14.4 Å². The Morgan fingerprint density at radius 3 is 2.76 bits per heavy atom. The molecule has 2 bridgehead atoms. The summed E-state index contributed by atoms with van der Waals surface area (Å²) in [6.45, 7) is 2.97. The fourth-order valence-electron chi connectivity index (χ4n) is 5.79. The number of pyridine rings is 1. The molecule has 7 rings (SSSR count). The molecule has 0 unspecified atom stereocenters. The summed E-state index contributed by atoms with van der Waals surface area (Å²) in [5.74, 6) is 1.39. The number of likely N-dealkylation sites (tertiary alicyclic amines) is 1. The van der Waals surface area contributed by atoms with Gasteiger partial charge in [0.1, 0.15) is 0 Å². The van der Waals surface area contributed by atoms with Crippen molar-refractivity contribution < 1.29 is 18.7 Å². The molecule has 0 spiro atoms. The van der Waals surface area contributed by atoms with Gasteiger partial charge in [-0.25, -0.2) is 4.39 Å². The molecular weight excluding hydrogens is 373 g/mol. The first-order valence-corrected chi connectivity index (χ1v) is 10.2. The highest BCUT2D eigenvalue weighted by Gasteiger charge is 2.55. The van der Waals surface area contributed by atoms with E-state index in [1.165, 1.54) is 12.3 Å². The summed E-state index contributed by atoms with van der Waals surface area (Å²) >= 11 is 0. The van der Waals surface area contributed by atoms with Crippen LogP contribution < -0.4 is 9.47 Å². The zero-order valence-electron chi connectivity index (χ0n) is 16.0. The van der Waals surface area contributed by atoms with Crippen molar-refractivity contribution in [2.75, 3.05) is 26.4 Å². The first-order chi connectivity index (χ1) is 14.2. The fourth-order valence-corrected chi connectivity index (χ4v) is 5.79. The zero-order valence-corrected chi connectivity index (χ0v) is 16.0. The standard InChI is InChI=1S/C22H22FN3O3/c23-17-10-24-6-3-15(17)22(27)26-11-16(14-1-2-18-19(9-14)29-12-28-18)21-20(26)13-4-7-25(21)8-5-13/h1-3,6,9-10,13,16,20-21H,4-5,7-8,11-12H2/t16-,20+,21+/m0/s1. The first-order valence-electron chi connectivity index (χ1n) is 10.2. The number of carbonyl (C=O) groups excluding carboxylic acids is 1. The summed E-state index contributed by atoms with van der Waals surface area (Å²) in [6, 6.07) is 7.95. The van der Waals surface area contributed by atoms with Gasteiger partial charge in [0.2, 0.25) is 6.79 Å². The van der Waals surface area contributed by atoms with E-state index in [4.69, 9.17) is 9.47 Å². The minimum Gasteiger partial charge on any atom is -0.454 e. The quantitative estimate of drug-likeness (QED) is 0.783. The highest BCUT2D eigenvalue weighted by molar-refractivity contribution is 5.95. The number of amides is 1. The Balaban J connectivity index is 1.39. The minimum atomic E-state index is -0.554. The van der Waals surface area contributed by atoms with Crippen LogP contribution >= 0.6 is 0 Å². The molecule has 0 aliphatic carbocycles. The van der Waals surface area contributed by atoms with Gasteiger partial charge >= 0.3 is 0 Å². The van der Waals surface area contributed by atoms with Crippen molar-refractivity contribution in [1.29, 1.82) is 0 Å². The van der Waals surface area contributed by atoms with Crippen molar-refractivity contribution in [2.24, 2.45) is 5.92 Å². The van der Waals surface area contributed by atoms with Crippen molar-refractivity contribution in [3.05, 3.63) is 53.6 Å². The topological polar surface area (TPSA) is 54.9 Å². The molecule has 2 aromatic rings. The molecule has 5 aliphatic heterocycles. The lowest BCUT2D eigenvalue weighted by Gasteiger charge is -2.51. The smallest absolute Gasteiger partial charge is 0.257 e. The van der Waals surface area contributed by atoms with Crippen molar-refractivity contribution >= 4 is 5.91 Å². The Labute approximate surface area is 168 Å². The summed E-state index contributed by atoms with van der Waals surface area (Å²) in [7, 11) is 0. The molecule has 4 saturated heterocycles. The van der Waals surface area contributed by atoms with Crippen molar-refractivity contribution in [1.82, 2.24) is 14.8 Å². The molecule has 0 radical (unpaired) electrons. The molecule has 6 heterocycles. The van der Waals surface area contributed by atoms with Crippen LogP contribution in [0.4, 0.5) is 4.39 Å². The van der Waals surface area contributed by atoms with Crippen molar-refractivity contribution in [2.45, 2.75) is 30.8 Å². The Morgan fingerprint density at radius 1 is 1.10 bits per heavy atom. The van der Waals surface area contributed by atoms with E-state index in [-0.39, 0.29) is 36.3 Å². The molecule has 3 atom stereocenters. The van der Waals surface area contributed by atoms with Gasteiger partial charge in [0.05, 0.1) is 17.8 Å². The van der Waals surface area contributed by atoms with Gasteiger partial charge in [-0.1, -0.05) is 6.07 Å². The number of piperidine rings is 3. The van der Waals surface area contributed by atoms with E-state index in [9.17, 15) is 9.18 Å². The van der Waals surface area contributed by atoms with Crippen LogP contribution in [-0.4, -0.2) is 59.2 Å². The molecular formula is C22H22FN3O3. The Bertz CT molecular complexity index is 976. The lowest BCUT2D eigenvalue weighted by Crippen LogP contribution is -2.60. The predicted molar refractivity (Wildman–Crippen MR) is 102 cm³/mol. The number of fused-ring (bicyclic) bond motifs is 3. The number of hydrogen-bond donors (Lipinski definition) is 0. The number of nitrogens with zero attached hydrogens (tertiary/aromatic N) is 3. The number of hydrogen-bond acceptors (Lipinski definition) is 5. The molecule has 4 fully saturated rings. The summed E-state index contributed by atoms with van der Waals surface area (Å²) in [4.78, 5) is 21.6. The van der Waals surface area contributed by atoms with Crippen LogP contribution in [0.1, 0.15) is 34.7 Å². The largest absolute Gasteiger partial charge is 0.454 e. The van der Waals surface area contributed by atoms with Crippen LogP contribution in [0.2, 0.25) is 0 Å². The SMILES string of the molecule is O=C(c1ccncc1F)N1C[C@@H](c2ccc3c(c2)OCO3)[C@@H]2[C@H]1C1CCN2CC1. The van der Waals surface area contributed by atoms with E-state index in [0.717, 1.165) is 49.2 Å². The number of benzene rings is 1. The lowest BCUT2D eigenvalue weighted by molar-refractivity contribution is -0.00355. The van der Waals surface area contributed by atoms with Crippen LogP contribution in [0.3, 0.4) is 0 Å². The molecule has 1 aromatic heterocycles. The normalized spacial score (nSPS) is 31.8. The predicted octanol–water partition coefficient (Wildman–Crippen LogP) is 2.65. The first kappa shape index (κ1) is 17.2. The Kier molecular flexibility index (Phi) is 3.81. The van der Waals surface area contributed by atoms with Crippen LogP contribution in [0.5, 0.6) is 11.5 Å². The highest BCUT2D eigenvalue weighted by atomic mass is 19.1. The maximum absolute atomic E-state index is 14.3. The molecule has 7 heteroatoms.